The van der Waals surface area contributed by atoms with Crippen LogP contribution >= 0.6 is 0 Å². The van der Waals surface area contributed by atoms with Gasteiger partial charge in [-0.2, -0.15) is 0 Å². The van der Waals surface area contributed by atoms with Crippen molar-refractivity contribution in [2.24, 2.45) is 41.4 Å². The molecule has 0 spiro atoms. The van der Waals surface area contributed by atoms with E-state index in [2.05, 4.69) is 20.8 Å². The molecule has 0 amide bonds. The second-order valence-electron chi connectivity index (χ2n) is 9.70. The van der Waals surface area contributed by atoms with Crippen LogP contribution in [-0.4, -0.2) is 0 Å². The molecule has 0 heterocycles. The molecule has 0 aromatic rings. The average molecular weight is 305 g/mol. The van der Waals surface area contributed by atoms with Crippen LogP contribution < -0.4 is 0 Å². The third-order valence-corrected chi connectivity index (χ3v) is 7.80. The van der Waals surface area contributed by atoms with Crippen LogP contribution in [0.15, 0.2) is 0 Å². The molecule has 0 heteroatoms. The van der Waals surface area contributed by atoms with Crippen LogP contribution in [0.3, 0.4) is 0 Å². The third kappa shape index (κ3) is 4.30. The fourth-order valence-corrected chi connectivity index (χ4v) is 6.28. The zero-order valence-electron chi connectivity index (χ0n) is 15.5. The molecule has 0 radical (unpaired) electrons. The summed E-state index contributed by atoms with van der Waals surface area (Å²) in [7, 11) is 0. The topological polar surface area (TPSA) is 0 Å². The van der Waals surface area contributed by atoms with Crippen molar-refractivity contribution in [1.29, 1.82) is 0 Å². The van der Waals surface area contributed by atoms with Crippen molar-refractivity contribution in [3.05, 3.63) is 0 Å². The maximum atomic E-state index is 2.55. The van der Waals surface area contributed by atoms with E-state index in [1.807, 2.05) is 0 Å². The zero-order valence-corrected chi connectivity index (χ0v) is 15.5. The molecule has 128 valence electrons. The van der Waals surface area contributed by atoms with Crippen LogP contribution in [-0.2, 0) is 0 Å². The smallest absolute Gasteiger partial charge is 0.0360 e. The van der Waals surface area contributed by atoms with Gasteiger partial charge in [0, 0.05) is 0 Å². The summed E-state index contributed by atoms with van der Waals surface area (Å²) in [5, 5.41) is 0. The van der Waals surface area contributed by atoms with Crippen LogP contribution in [0.2, 0.25) is 0 Å². The lowest BCUT2D eigenvalue weighted by atomic mass is 9.64. The van der Waals surface area contributed by atoms with E-state index in [4.69, 9.17) is 0 Å². The van der Waals surface area contributed by atoms with Crippen LogP contribution in [0.1, 0.15) is 97.8 Å². The Labute approximate surface area is 139 Å². The van der Waals surface area contributed by atoms with Crippen molar-refractivity contribution >= 4 is 0 Å². The lowest BCUT2D eigenvalue weighted by Gasteiger charge is -2.41. The van der Waals surface area contributed by atoms with Gasteiger partial charge in [-0.15, -0.1) is 0 Å². The standard InChI is InChI=1S/C22H40/c1-16-4-7-19(8-5-16)15-20-9-11-21(12-10-20)22-13-6-17(2)14-18(22)3/h16-22H,4-15H2,1-3H3. The van der Waals surface area contributed by atoms with E-state index in [1.165, 1.54) is 32.1 Å². The van der Waals surface area contributed by atoms with Crippen molar-refractivity contribution < 1.29 is 0 Å². The normalized spacial score (nSPS) is 47.3. The summed E-state index contributed by atoms with van der Waals surface area (Å²) in [6.07, 6.45) is 18.5. The summed E-state index contributed by atoms with van der Waals surface area (Å²) in [6.45, 7) is 7.47. The fraction of sp³-hybridized carbons (Fsp3) is 1.00. The van der Waals surface area contributed by atoms with Crippen molar-refractivity contribution in [2.75, 3.05) is 0 Å². The largest absolute Gasteiger partial charge is 0.0625 e. The van der Waals surface area contributed by atoms with Gasteiger partial charge in [-0.05, 0) is 73.5 Å². The van der Waals surface area contributed by atoms with Gasteiger partial charge < -0.3 is 0 Å². The Morgan fingerprint density at radius 1 is 0.591 bits per heavy atom. The van der Waals surface area contributed by atoms with Gasteiger partial charge in [0.15, 0.2) is 0 Å². The van der Waals surface area contributed by atoms with Gasteiger partial charge in [-0.3, -0.25) is 0 Å². The first-order valence-corrected chi connectivity index (χ1v) is 10.6. The summed E-state index contributed by atoms with van der Waals surface area (Å²) >= 11 is 0. The Balaban J connectivity index is 1.40. The monoisotopic (exact) mass is 304 g/mol. The van der Waals surface area contributed by atoms with Crippen molar-refractivity contribution in [3.8, 4) is 0 Å². The van der Waals surface area contributed by atoms with Crippen LogP contribution in [0.4, 0.5) is 0 Å². The van der Waals surface area contributed by atoms with Gasteiger partial charge in [0.05, 0.1) is 0 Å². The van der Waals surface area contributed by atoms with Crippen molar-refractivity contribution in [1.82, 2.24) is 0 Å². The van der Waals surface area contributed by atoms with Gasteiger partial charge in [0.25, 0.3) is 0 Å². The van der Waals surface area contributed by atoms with Gasteiger partial charge in [0.2, 0.25) is 0 Å². The molecule has 3 fully saturated rings. The molecule has 3 atom stereocenters. The van der Waals surface area contributed by atoms with Gasteiger partial charge >= 0.3 is 0 Å². The molecule has 3 rings (SSSR count). The second-order valence-corrected chi connectivity index (χ2v) is 9.70. The van der Waals surface area contributed by atoms with E-state index in [9.17, 15) is 0 Å². The molecule has 0 aromatic heterocycles. The lowest BCUT2D eigenvalue weighted by molar-refractivity contribution is 0.0936. The Kier molecular flexibility index (Phi) is 5.91. The zero-order chi connectivity index (χ0) is 15.5. The molecule has 22 heavy (non-hydrogen) atoms. The summed E-state index contributed by atoms with van der Waals surface area (Å²) < 4.78 is 0. The minimum Gasteiger partial charge on any atom is -0.0625 e. The third-order valence-electron chi connectivity index (χ3n) is 7.80. The summed E-state index contributed by atoms with van der Waals surface area (Å²) in [5.74, 6) is 7.36. The fourth-order valence-electron chi connectivity index (χ4n) is 6.28. The van der Waals surface area contributed by atoms with E-state index in [-0.39, 0.29) is 0 Å². The Morgan fingerprint density at radius 2 is 1.14 bits per heavy atom. The molecule has 3 unspecified atom stereocenters. The molecular formula is C22H40. The second kappa shape index (κ2) is 7.71. The van der Waals surface area contributed by atoms with E-state index < -0.39 is 0 Å². The first-order chi connectivity index (χ1) is 10.6. The minimum atomic E-state index is 0.997. The highest BCUT2D eigenvalue weighted by molar-refractivity contribution is 4.85. The first-order valence-electron chi connectivity index (χ1n) is 10.6. The Morgan fingerprint density at radius 3 is 1.73 bits per heavy atom. The summed E-state index contributed by atoms with van der Waals surface area (Å²) in [5.41, 5.74) is 0. The minimum absolute atomic E-state index is 0.997. The van der Waals surface area contributed by atoms with Gasteiger partial charge in [0.1, 0.15) is 0 Å². The Hall–Kier alpha value is 0. The summed E-state index contributed by atoms with van der Waals surface area (Å²) in [6, 6.07) is 0. The van der Waals surface area contributed by atoms with Crippen LogP contribution in [0.25, 0.3) is 0 Å². The predicted molar refractivity (Wildman–Crippen MR) is 96.9 cm³/mol. The number of hydrogen-bond acceptors (Lipinski definition) is 0. The lowest BCUT2D eigenvalue weighted by Crippen LogP contribution is -2.31. The quantitative estimate of drug-likeness (QED) is 0.522. The number of rotatable bonds is 3. The highest BCUT2D eigenvalue weighted by atomic mass is 14.4. The van der Waals surface area contributed by atoms with E-state index >= 15 is 0 Å². The molecule has 3 aliphatic rings. The predicted octanol–water partition coefficient (Wildman–Crippen LogP) is 7.08. The molecule has 0 bridgehead atoms. The van der Waals surface area contributed by atoms with Gasteiger partial charge in [-0.1, -0.05) is 65.7 Å². The molecule has 0 nitrogen and oxygen atoms in total. The maximum Gasteiger partial charge on any atom is -0.0360 e. The van der Waals surface area contributed by atoms with Gasteiger partial charge in [-0.25, -0.2) is 0 Å². The van der Waals surface area contributed by atoms with Crippen LogP contribution in [0, 0.1) is 41.4 Å². The first kappa shape index (κ1) is 16.8. The highest BCUT2D eigenvalue weighted by Crippen LogP contribution is 2.45. The molecule has 0 aliphatic heterocycles. The van der Waals surface area contributed by atoms with E-state index in [0.717, 1.165) is 41.4 Å². The molecular weight excluding hydrogens is 264 g/mol. The average Bonchev–Trinajstić information content (AvgIpc) is 2.51. The van der Waals surface area contributed by atoms with Crippen LogP contribution in [0.5, 0.6) is 0 Å². The molecule has 3 aliphatic carbocycles. The molecule has 3 saturated carbocycles. The van der Waals surface area contributed by atoms with Crippen molar-refractivity contribution in [3.63, 3.8) is 0 Å². The number of hydrogen-bond donors (Lipinski definition) is 0. The van der Waals surface area contributed by atoms with E-state index in [1.54, 1.807) is 44.9 Å². The maximum absolute atomic E-state index is 2.55. The molecule has 0 aromatic carbocycles. The SMILES string of the molecule is CC1CCC(CC2CCC(C3CCC(C)CC3C)CC2)CC1. The highest BCUT2D eigenvalue weighted by Gasteiger charge is 2.34. The van der Waals surface area contributed by atoms with E-state index in [0.29, 0.717) is 0 Å². The molecule has 0 N–H and O–H groups in total. The summed E-state index contributed by atoms with van der Waals surface area (Å²) in [4.78, 5) is 0. The molecule has 0 saturated heterocycles. The van der Waals surface area contributed by atoms with Crippen molar-refractivity contribution in [2.45, 2.75) is 97.8 Å². The Bertz CT molecular complexity index is 317.